The van der Waals surface area contributed by atoms with Crippen LogP contribution in [0.3, 0.4) is 0 Å². The summed E-state index contributed by atoms with van der Waals surface area (Å²) in [7, 11) is 0. The minimum Gasteiger partial charge on any atom is -0.314 e. The van der Waals surface area contributed by atoms with Crippen LogP contribution >= 0.6 is 11.3 Å². The summed E-state index contributed by atoms with van der Waals surface area (Å²) in [6, 6.07) is 0.764. The second-order valence-corrected chi connectivity index (χ2v) is 5.56. The molecular formula is C12H20N2S. The van der Waals surface area contributed by atoms with Gasteiger partial charge < -0.3 is 5.32 Å². The third-order valence-electron chi connectivity index (χ3n) is 3.20. The van der Waals surface area contributed by atoms with Gasteiger partial charge in [-0.15, -0.1) is 11.3 Å². The number of aromatic nitrogens is 1. The molecule has 1 aromatic rings. The standard InChI is InChI=1S/C12H20N2S/c1-3-13-11-5-4-10(6-11)7-12-8-15-9(2)14-12/h8,10-11,13H,3-7H2,1-2H3. The van der Waals surface area contributed by atoms with Crippen LogP contribution < -0.4 is 5.32 Å². The minimum atomic E-state index is 0.764. The third kappa shape index (κ3) is 3.02. The van der Waals surface area contributed by atoms with Crippen LogP contribution in [0.25, 0.3) is 0 Å². The number of hydrogen-bond donors (Lipinski definition) is 1. The van der Waals surface area contributed by atoms with Gasteiger partial charge in [0.1, 0.15) is 0 Å². The molecule has 1 fully saturated rings. The van der Waals surface area contributed by atoms with E-state index in [0.29, 0.717) is 0 Å². The molecular weight excluding hydrogens is 204 g/mol. The number of thiazole rings is 1. The fourth-order valence-electron chi connectivity index (χ4n) is 2.53. The largest absolute Gasteiger partial charge is 0.314 e. The Hall–Kier alpha value is -0.410. The number of rotatable bonds is 4. The van der Waals surface area contributed by atoms with Crippen molar-refractivity contribution in [2.45, 2.75) is 45.6 Å². The molecule has 0 aromatic carbocycles. The molecule has 15 heavy (non-hydrogen) atoms. The zero-order chi connectivity index (χ0) is 10.7. The van der Waals surface area contributed by atoms with E-state index >= 15 is 0 Å². The van der Waals surface area contributed by atoms with Crippen LogP contribution in [0.5, 0.6) is 0 Å². The van der Waals surface area contributed by atoms with E-state index < -0.39 is 0 Å². The molecule has 0 saturated heterocycles. The van der Waals surface area contributed by atoms with Gasteiger partial charge in [0.2, 0.25) is 0 Å². The van der Waals surface area contributed by atoms with Crippen LogP contribution in [-0.4, -0.2) is 17.6 Å². The van der Waals surface area contributed by atoms with Crippen molar-refractivity contribution in [3.63, 3.8) is 0 Å². The van der Waals surface area contributed by atoms with E-state index in [4.69, 9.17) is 0 Å². The maximum atomic E-state index is 4.54. The molecule has 1 heterocycles. The van der Waals surface area contributed by atoms with Crippen LogP contribution in [0.15, 0.2) is 5.38 Å². The average Bonchev–Trinajstić information content (AvgIpc) is 2.78. The summed E-state index contributed by atoms with van der Waals surface area (Å²) in [4.78, 5) is 4.54. The molecule has 1 aliphatic rings. The monoisotopic (exact) mass is 224 g/mol. The van der Waals surface area contributed by atoms with Crippen molar-refractivity contribution in [1.82, 2.24) is 10.3 Å². The van der Waals surface area contributed by atoms with Gasteiger partial charge in [0.25, 0.3) is 0 Å². The molecule has 1 aromatic heterocycles. The maximum Gasteiger partial charge on any atom is 0.0897 e. The van der Waals surface area contributed by atoms with E-state index in [2.05, 4.69) is 29.5 Å². The number of nitrogens with zero attached hydrogens (tertiary/aromatic N) is 1. The summed E-state index contributed by atoms with van der Waals surface area (Å²) >= 11 is 1.77. The third-order valence-corrected chi connectivity index (χ3v) is 4.02. The van der Waals surface area contributed by atoms with Crippen LogP contribution in [0.4, 0.5) is 0 Å². The molecule has 1 saturated carbocycles. The summed E-state index contributed by atoms with van der Waals surface area (Å²) in [6.07, 6.45) is 5.24. The highest BCUT2D eigenvalue weighted by Crippen LogP contribution is 2.28. The summed E-state index contributed by atoms with van der Waals surface area (Å²) in [5.41, 5.74) is 1.31. The van der Waals surface area contributed by atoms with Crippen molar-refractivity contribution in [3.05, 3.63) is 16.1 Å². The lowest BCUT2D eigenvalue weighted by atomic mass is 10.0. The van der Waals surface area contributed by atoms with Gasteiger partial charge in [-0.1, -0.05) is 6.92 Å². The summed E-state index contributed by atoms with van der Waals surface area (Å²) in [5, 5.41) is 6.97. The molecule has 0 radical (unpaired) electrons. The Morgan fingerprint density at radius 1 is 1.53 bits per heavy atom. The number of aryl methyl sites for hydroxylation is 1. The van der Waals surface area contributed by atoms with Crippen molar-refractivity contribution >= 4 is 11.3 Å². The van der Waals surface area contributed by atoms with Gasteiger partial charge in [-0.25, -0.2) is 4.98 Å². The summed E-state index contributed by atoms with van der Waals surface area (Å²) in [6.45, 7) is 5.38. The fraction of sp³-hybridized carbons (Fsp3) is 0.750. The first-order valence-corrected chi connectivity index (χ1v) is 6.80. The second kappa shape index (κ2) is 5.08. The zero-order valence-corrected chi connectivity index (χ0v) is 10.4. The lowest BCUT2D eigenvalue weighted by Gasteiger charge is -2.10. The van der Waals surface area contributed by atoms with Gasteiger partial charge in [-0.05, 0) is 45.1 Å². The Morgan fingerprint density at radius 2 is 2.40 bits per heavy atom. The first-order valence-electron chi connectivity index (χ1n) is 5.92. The lowest BCUT2D eigenvalue weighted by molar-refractivity contribution is 0.491. The van der Waals surface area contributed by atoms with Crippen molar-refractivity contribution in [2.75, 3.05) is 6.54 Å². The Labute approximate surface area is 96.1 Å². The van der Waals surface area contributed by atoms with Gasteiger partial charge in [0.15, 0.2) is 0 Å². The SMILES string of the molecule is CCNC1CCC(Cc2csc(C)n2)C1. The second-order valence-electron chi connectivity index (χ2n) is 4.50. The molecule has 2 rings (SSSR count). The number of hydrogen-bond acceptors (Lipinski definition) is 3. The smallest absolute Gasteiger partial charge is 0.0897 e. The van der Waals surface area contributed by atoms with Crippen LogP contribution in [0.1, 0.15) is 36.9 Å². The first kappa shape index (κ1) is 11.1. The van der Waals surface area contributed by atoms with E-state index in [1.165, 1.54) is 36.4 Å². The average molecular weight is 224 g/mol. The fourth-order valence-corrected chi connectivity index (χ4v) is 3.16. The zero-order valence-electron chi connectivity index (χ0n) is 9.62. The Kier molecular flexibility index (Phi) is 3.76. The van der Waals surface area contributed by atoms with E-state index in [-0.39, 0.29) is 0 Å². The van der Waals surface area contributed by atoms with Gasteiger partial charge in [0.05, 0.1) is 10.7 Å². The Bertz CT molecular complexity index is 308. The highest BCUT2D eigenvalue weighted by atomic mass is 32.1. The van der Waals surface area contributed by atoms with E-state index in [9.17, 15) is 0 Å². The topological polar surface area (TPSA) is 24.9 Å². The Morgan fingerprint density at radius 3 is 3.07 bits per heavy atom. The van der Waals surface area contributed by atoms with Crippen LogP contribution in [-0.2, 0) is 6.42 Å². The van der Waals surface area contributed by atoms with Gasteiger partial charge in [0, 0.05) is 11.4 Å². The molecule has 2 atom stereocenters. The summed E-state index contributed by atoms with van der Waals surface area (Å²) < 4.78 is 0. The minimum absolute atomic E-state index is 0.764. The molecule has 0 spiro atoms. The highest BCUT2D eigenvalue weighted by Gasteiger charge is 2.24. The van der Waals surface area contributed by atoms with Crippen LogP contribution in [0.2, 0.25) is 0 Å². The van der Waals surface area contributed by atoms with Crippen molar-refractivity contribution in [1.29, 1.82) is 0 Å². The molecule has 0 amide bonds. The van der Waals surface area contributed by atoms with Crippen LogP contribution in [0, 0.1) is 12.8 Å². The lowest BCUT2D eigenvalue weighted by Crippen LogP contribution is -2.25. The van der Waals surface area contributed by atoms with Crippen molar-refractivity contribution in [2.24, 2.45) is 5.92 Å². The van der Waals surface area contributed by atoms with Crippen molar-refractivity contribution < 1.29 is 0 Å². The molecule has 0 aliphatic heterocycles. The highest BCUT2D eigenvalue weighted by molar-refractivity contribution is 7.09. The predicted molar refractivity (Wildman–Crippen MR) is 65.4 cm³/mol. The van der Waals surface area contributed by atoms with Crippen molar-refractivity contribution in [3.8, 4) is 0 Å². The molecule has 1 N–H and O–H groups in total. The van der Waals surface area contributed by atoms with Gasteiger partial charge in [-0.3, -0.25) is 0 Å². The Balaban J connectivity index is 1.82. The quantitative estimate of drug-likeness (QED) is 0.850. The van der Waals surface area contributed by atoms with E-state index in [0.717, 1.165) is 18.5 Å². The molecule has 2 nitrogen and oxygen atoms in total. The first-order chi connectivity index (χ1) is 7.28. The normalized spacial score (nSPS) is 26.0. The molecule has 2 unspecified atom stereocenters. The van der Waals surface area contributed by atoms with E-state index in [1.54, 1.807) is 11.3 Å². The predicted octanol–water partition coefficient (Wildman–Crippen LogP) is 2.77. The van der Waals surface area contributed by atoms with Gasteiger partial charge >= 0.3 is 0 Å². The van der Waals surface area contributed by atoms with E-state index in [1.807, 2.05) is 0 Å². The molecule has 84 valence electrons. The molecule has 1 aliphatic carbocycles. The molecule has 0 bridgehead atoms. The molecule has 3 heteroatoms. The number of nitrogens with one attached hydrogen (secondary N) is 1. The van der Waals surface area contributed by atoms with Gasteiger partial charge in [-0.2, -0.15) is 0 Å². The maximum absolute atomic E-state index is 4.54. The summed E-state index contributed by atoms with van der Waals surface area (Å²) in [5.74, 6) is 0.857.